The average molecular weight is 382 g/mol. The number of rotatable bonds is 8. The topological polar surface area (TPSA) is 64.4 Å². The molecule has 1 heterocycles. The summed E-state index contributed by atoms with van der Waals surface area (Å²) in [6.45, 7) is 5.05. The van der Waals surface area contributed by atoms with Crippen molar-refractivity contribution in [2.75, 3.05) is 13.2 Å². The van der Waals surface area contributed by atoms with Crippen molar-refractivity contribution in [1.82, 2.24) is 14.9 Å². The molecule has 2 aromatic carbocycles. The highest BCUT2D eigenvalue weighted by Gasteiger charge is 2.08. The lowest BCUT2D eigenvalue weighted by atomic mass is 10.1. The van der Waals surface area contributed by atoms with Crippen LogP contribution in [0.4, 0.5) is 0 Å². The van der Waals surface area contributed by atoms with Crippen LogP contribution in [-0.4, -0.2) is 34.3 Å². The van der Waals surface area contributed by atoms with Crippen molar-refractivity contribution in [3.8, 4) is 11.5 Å². The van der Waals surface area contributed by atoms with Gasteiger partial charge in [0.1, 0.15) is 11.5 Å². The Hall–Kier alpha value is -2.93. The van der Waals surface area contributed by atoms with Crippen LogP contribution in [0.2, 0.25) is 0 Å². The smallest absolute Gasteiger partial charge is 0.216 e. The Morgan fingerprint density at radius 1 is 1.11 bits per heavy atom. The maximum atomic E-state index is 5.72. The van der Waals surface area contributed by atoms with Crippen LogP contribution < -0.4 is 9.47 Å². The quantitative estimate of drug-likeness (QED) is 0.468. The van der Waals surface area contributed by atoms with E-state index in [4.69, 9.17) is 21.7 Å². The maximum Gasteiger partial charge on any atom is 0.216 e. The largest absolute Gasteiger partial charge is 0.494 e. The normalized spacial score (nSPS) is 11.0. The molecular formula is C20H22N4O2S. The molecule has 0 aliphatic rings. The van der Waals surface area contributed by atoms with Gasteiger partial charge in [-0.3, -0.25) is 5.10 Å². The van der Waals surface area contributed by atoms with E-state index >= 15 is 0 Å². The van der Waals surface area contributed by atoms with Crippen molar-refractivity contribution in [3.63, 3.8) is 0 Å². The van der Waals surface area contributed by atoms with Gasteiger partial charge in [-0.05, 0) is 43.8 Å². The molecule has 0 unspecified atom stereocenters. The predicted molar refractivity (Wildman–Crippen MR) is 108 cm³/mol. The second-order valence-electron chi connectivity index (χ2n) is 5.73. The molecule has 0 saturated carbocycles. The summed E-state index contributed by atoms with van der Waals surface area (Å²) in [5, 5.41) is 11.6. The fourth-order valence-electron chi connectivity index (χ4n) is 2.61. The van der Waals surface area contributed by atoms with E-state index in [0.29, 0.717) is 30.2 Å². The summed E-state index contributed by atoms with van der Waals surface area (Å²) in [4.78, 5) is 0. The minimum Gasteiger partial charge on any atom is -0.494 e. The first kappa shape index (κ1) is 18.8. The maximum absolute atomic E-state index is 5.72. The van der Waals surface area contributed by atoms with E-state index in [9.17, 15) is 0 Å². The summed E-state index contributed by atoms with van der Waals surface area (Å²) < 4.78 is 13.3. The number of aromatic amines is 1. The van der Waals surface area contributed by atoms with Gasteiger partial charge in [-0.15, -0.1) is 0 Å². The van der Waals surface area contributed by atoms with Crippen LogP contribution in [0.1, 0.15) is 30.8 Å². The second-order valence-corrected chi connectivity index (χ2v) is 6.12. The summed E-state index contributed by atoms with van der Waals surface area (Å²) in [6.07, 6.45) is 2.35. The van der Waals surface area contributed by atoms with Gasteiger partial charge >= 0.3 is 0 Å². The van der Waals surface area contributed by atoms with Crippen molar-refractivity contribution >= 4 is 18.4 Å². The molecule has 7 heteroatoms. The second kappa shape index (κ2) is 9.14. The number of nitrogens with one attached hydrogen (secondary N) is 1. The summed E-state index contributed by atoms with van der Waals surface area (Å²) in [6, 6.07) is 15.8. The molecule has 1 N–H and O–H groups in total. The standard InChI is InChI=1S/C20H22N4O2S/c1-3-25-17-11-10-16(18(13-17)26-4-2)14-21-24-19(22-23-20(24)27)12-15-8-6-5-7-9-15/h5-11,13-14H,3-4,12H2,1-2H3,(H,23,27)/b21-14-. The van der Waals surface area contributed by atoms with Crippen molar-refractivity contribution < 1.29 is 9.47 Å². The average Bonchev–Trinajstić information content (AvgIpc) is 3.02. The Labute approximate surface area is 163 Å². The molecule has 3 aromatic rings. The van der Waals surface area contributed by atoms with Crippen LogP contribution in [0.25, 0.3) is 0 Å². The number of aromatic nitrogens is 3. The number of hydrogen-bond donors (Lipinski definition) is 1. The molecule has 0 radical (unpaired) electrons. The summed E-state index contributed by atoms with van der Waals surface area (Å²) in [7, 11) is 0. The Morgan fingerprint density at radius 3 is 2.63 bits per heavy atom. The van der Waals surface area contributed by atoms with Gasteiger partial charge in [0.05, 0.1) is 19.4 Å². The highest BCUT2D eigenvalue weighted by atomic mass is 32.1. The van der Waals surface area contributed by atoms with Gasteiger partial charge < -0.3 is 9.47 Å². The zero-order valence-corrected chi connectivity index (χ0v) is 16.2. The number of benzene rings is 2. The van der Waals surface area contributed by atoms with Crippen molar-refractivity contribution in [2.24, 2.45) is 5.10 Å². The predicted octanol–water partition coefficient (Wildman–Crippen LogP) is 4.21. The molecule has 3 rings (SSSR count). The van der Waals surface area contributed by atoms with Gasteiger partial charge in [0.15, 0.2) is 5.82 Å². The molecule has 6 nitrogen and oxygen atoms in total. The molecule has 140 valence electrons. The van der Waals surface area contributed by atoms with Crippen LogP contribution in [0, 0.1) is 4.77 Å². The molecule has 0 aliphatic carbocycles. The fourth-order valence-corrected chi connectivity index (χ4v) is 2.81. The molecule has 0 fully saturated rings. The molecular weight excluding hydrogens is 360 g/mol. The lowest BCUT2D eigenvalue weighted by Gasteiger charge is -2.10. The molecule has 0 saturated heterocycles. The van der Waals surface area contributed by atoms with Gasteiger partial charge in [0, 0.05) is 18.1 Å². The summed E-state index contributed by atoms with van der Waals surface area (Å²) >= 11 is 5.32. The van der Waals surface area contributed by atoms with E-state index in [1.54, 1.807) is 10.9 Å². The van der Waals surface area contributed by atoms with E-state index < -0.39 is 0 Å². The molecule has 0 aliphatic heterocycles. The zero-order valence-electron chi connectivity index (χ0n) is 15.4. The number of hydrogen-bond acceptors (Lipinski definition) is 5. The van der Waals surface area contributed by atoms with E-state index in [0.717, 1.165) is 22.7 Å². The minimum absolute atomic E-state index is 0.445. The monoisotopic (exact) mass is 382 g/mol. The van der Waals surface area contributed by atoms with Crippen LogP contribution in [0.15, 0.2) is 53.6 Å². The van der Waals surface area contributed by atoms with Crippen molar-refractivity contribution in [2.45, 2.75) is 20.3 Å². The lowest BCUT2D eigenvalue weighted by Crippen LogP contribution is -2.02. The fraction of sp³-hybridized carbons (Fsp3) is 0.250. The highest BCUT2D eigenvalue weighted by molar-refractivity contribution is 7.71. The summed E-state index contributed by atoms with van der Waals surface area (Å²) in [5.74, 6) is 2.22. The van der Waals surface area contributed by atoms with Gasteiger partial charge in [0.25, 0.3) is 0 Å². The lowest BCUT2D eigenvalue weighted by molar-refractivity contribution is 0.323. The van der Waals surface area contributed by atoms with E-state index in [-0.39, 0.29) is 0 Å². The Balaban J connectivity index is 1.88. The third kappa shape index (κ3) is 4.83. The van der Waals surface area contributed by atoms with E-state index in [1.807, 2.05) is 62.4 Å². The first-order valence-electron chi connectivity index (χ1n) is 8.85. The SMILES string of the molecule is CCOc1ccc(/C=N\n2c(Cc3ccccc3)n[nH]c2=S)c(OCC)c1. The Bertz CT molecular complexity index is 964. The summed E-state index contributed by atoms with van der Waals surface area (Å²) in [5.41, 5.74) is 1.98. The first-order chi connectivity index (χ1) is 13.2. The van der Waals surface area contributed by atoms with Gasteiger partial charge in [-0.1, -0.05) is 30.3 Å². The molecule has 1 aromatic heterocycles. The molecule has 27 heavy (non-hydrogen) atoms. The Morgan fingerprint density at radius 2 is 1.89 bits per heavy atom. The Kier molecular flexibility index (Phi) is 6.38. The molecule has 0 amide bonds. The van der Waals surface area contributed by atoms with Crippen LogP contribution in [0.5, 0.6) is 11.5 Å². The van der Waals surface area contributed by atoms with Crippen LogP contribution in [0.3, 0.4) is 0 Å². The van der Waals surface area contributed by atoms with Crippen molar-refractivity contribution in [3.05, 3.63) is 70.3 Å². The number of ether oxygens (including phenoxy) is 2. The minimum atomic E-state index is 0.445. The van der Waals surface area contributed by atoms with Crippen LogP contribution in [-0.2, 0) is 6.42 Å². The van der Waals surface area contributed by atoms with Gasteiger partial charge in [-0.25, -0.2) is 0 Å². The third-order valence-corrected chi connectivity index (χ3v) is 4.09. The number of nitrogens with zero attached hydrogens (tertiary/aromatic N) is 3. The number of H-pyrrole nitrogens is 1. The van der Waals surface area contributed by atoms with Crippen molar-refractivity contribution in [1.29, 1.82) is 0 Å². The third-order valence-electron chi connectivity index (χ3n) is 3.83. The van der Waals surface area contributed by atoms with Gasteiger partial charge in [0.2, 0.25) is 4.77 Å². The van der Waals surface area contributed by atoms with E-state index in [1.165, 1.54) is 0 Å². The molecule has 0 bridgehead atoms. The zero-order chi connectivity index (χ0) is 19.1. The molecule has 0 atom stereocenters. The van der Waals surface area contributed by atoms with E-state index in [2.05, 4.69) is 15.3 Å². The van der Waals surface area contributed by atoms with Crippen LogP contribution >= 0.6 is 12.2 Å². The molecule has 0 spiro atoms. The first-order valence-corrected chi connectivity index (χ1v) is 9.26. The highest BCUT2D eigenvalue weighted by Crippen LogP contribution is 2.24. The van der Waals surface area contributed by atoms with Gasteiger partial charge in [-0.2, -0.15) is 14.9 Å².